The molecule has 0 aromatic carbocycles. The summed E-state index contributed by atoms with van der Waals surface area (Å²) in [5.41, 5.74) is 0. The molecule has 4 N–H and O–H groups in total. The van der Waals surface area contributed by atoms with E-state index in [0.29, 0.717) is 12.8 Å². The van der Waals surface area contributed by atoms with Crippen molar-refractivity contribution in [1.29, 1.82) is 0 Å². The van der Waals surface area contributed by atoms with Crippen LogP contribution in [0.2, 0.25) is 0 Å². The standard InChI is InChI=1S/C40H72N2O4/c1-4-7-9-17-23-30-36(43)32-25-19-13-11-15-21-27-34-39(45)41-38(29-6-3)42-40(46)35-28-22-16-12-14-20-26-33-37(44)31-24-18-10-8-5-2/h23-26,30-33,36-38,43-44H,4-22,27-29,34-35H2,1-3H3,(H,41,45)(H,42,46)/b30-23-,31-24-,32-25-,33-26-. The van der Waals surface area contributed by atoms with E-state index in [9.17, 15) is 19.8 Å². The molecule has 0 rings (SSSR count). The van der Waals surface area contributed by atoms with Crippen molar-refractivity contribution in [1.82, 2.24) is 10.6 Å². The van der Waals surface area contributed by atoms with Crippen LogP contribution in [0.3, 0.4) is 0 Å². The highest BCUT2D eigenvalue weighted by Gasteiger charge is 2.14. The Labute approximate surface area is 283 Å². The van der Waals surface area contributed by atoms with E-state index < -0.39 is 12.2 Å². The molecule has 0 saturated heterocycles. The molecule has 0 aliphatic rings. The van der Waals surface area contributed by atoms with Crippen LogP contribution in [0.15, 0.2) is 48.6 Å². The summed E-state index contributed by atoms with van der Waals surface area (Å²) < 4.78 is 0. The Morgan fingerprint density at radius 2 is 0.804 bits per heavy atom. The number of carbonyl (C=O) groups excluding carboxylic acids is 2. The second-order valence-corrected chi connectivity index (χ2v) is 12.8. The molecule has 266 valence electrons. The Balaban J connectivity index is 3.88. The maximum absolute atomic E-state index is 12.5. The molecular weight excluding hydrogens is 572 g/mol. The summed E-state index contributed by atoms with van der Waals surface area (Å²) in [6.07, 6.45) is 38.9. The first kappa shape index (κ1) is 43.8. The highest BCUT2D eigenvalue weighted by Crippen LogP contribution is 2.10. The number of nitrogens with one attached hydrogen (secondary N) is 2. The number of hydrogen-bond donors (Lipinski definition) is 4. The Hall–Kier alpha value is -2.18. The highest BCUT2D eigenvalue weighted by atomic mass is 16.3. The number of carbonyl (C=O) groups is 2. The third-order valence-corrected chi connectivity index (χ3v) is 8.08. The van der Waals surface area contributed by atoms with Gasteiger partial charge in [0.1, 0.15) is 6.17 Å². The second kappa shape index (κ2) is 34.2. The van der Waals surface area contributed by atoms with Crippen molar-refractivity contribution < 1.29 is 19.8 Å². The third kappa shape index (κ3) is 31.8. The highest BCUT2D eigenvalue weighted by molar-refractivity contribution is 5.79. The van der Waals surface area contributed by atoms with Crippen molar-refractivity contribution in [2.75, 3.05) is 0 Å². The molecule has 0 aliphatic carbocycles. The summed E-state index contributed by atoms with van der Waals surface area (Å²) in [5, 5.41) is 26.0. The van der Waals surface area contributed by atoms with Crippen LogP contribution in [0.1, 0.15) is 175 Å². The van der Waals surface area contributed by atoms with E-state index in [1.165, 1.54) is 38.5 Å². The van der Waals surface area contributed by atoms with Gasteiger partial charge in [-0.25, -0.2) is 0 Å². The number of rotatable bonds is 32. The smallest absolute Gasteiger partial charge is 0.221 e. The Morgan fingerprint density at radius 1 is 0.478 bits per heavy atom. The largest absolute Gasteiger partial charge is 0.385 e. The molecule has 0 saturated carbocycles. The summed E-state index contributed by atoms with van der Waals surface area (Å²) in [6.45, 7) is 6.45. The Kier molecular flexibility index (Phi) is 32.5. The minimum absolute atomic E-state index is 0.0167. The average Bonchev–Trinajstić information content (AvgIpc) is 3.03. The molecule has 2 amide bonds. The van der Waals surface area contributed by atoms with E-state index in [0.717, 1.165) is 103 Å². The number of allylic oxidation sites excluding steroid dienone is 4. The molecule has 0 heterocycles. The summed E-state index contributed by atoms with van der Waals surface area (Å²) in [7, 11) is 0. The van der Waals surface area contributed by atoms with Gasteiger partial charge in [0, 0.05) is 12.8 Å². The van der Waals surface area contributed by atoms with Crippen molar-refractivity contribution in [3.05, 3.63) is 48.6 Å². The van der Waals surface area contributed by atoms with E-state index >= 15 is 0 Å². The molecule has 0 radical (unpaired) electrons. The van der Waals surface area contributed by atoms with E-state index in [1.54, 1.807) is 0 Å². The Bertz CT molecular complexity index is 756. The molecular formula is C40H72N2O4. The van der Waals surface area contributed by atoms with Crippen LogP contribution < -0.4 is 10.6 Å². The lowest BCUT2D eigenvalue weighted by molar-refractivity contribution is -0.124. The van der Waals surface area contributed by atoms with Crippen molar-refractivity contribution in [3.8, 4) is 0 Å². The van der Waals surface area contributed by atoms with Gasteiger partial charge in [-0.1, -0.05) is 140 Å². The van der Waals surface area contributed by atoms with Crippen LogP contribution in [0.4, 0.5) is 0 Å². The van der Waals surface area contributed by atoms with E-state index in [4.69, 9.17) is 0 Å². The molecule has 2 atom stereocenters. The van der Waals surface area contributed by atoms with Crippen LogP contribution >= 0.6 is 0 Å². The van der Waals surface area contributed by atoms with Crippen molar-refractivity contribution in [2.45, 2.75) is 193 Å². The van der Waals surface area contributed by atoms with Crippen LogP contribution in [0.25, 0.3) is 0 Å². The first-order valence-corrected chi connectivity index (χ1v) is 19.0. The molecule has 6 heteroatoms. The van der Waals surface area contributed by atoms with Gasteiger partial charge in [0.25, 0.3) is 0 Å². The molecule has 0 fully saturated rings. The average molecular weight is 645 g/mol. The summed E-state index contributed by atoms with van der Waals surface area (Å²) in [6, 6.07) is 0. The van der Waals surface area contributed by atoms with Gasteiger partial charge < -0.3 is 20.8 Å². The molecule has 46 heavy (non-hydrogen) atoms. The molecule has 2 unspecified atom stereocenters. The second-order valence-electron chi connectivity index (χ2n) is 12.8. The van der Waals surface area contributed by atoms with Crippen molar-refractivity contribution >= 4 is 11.8 Å². The maximum Gasteiger partial charge on any atom is 0.221 e. The minimum atomic E-state index is -0.482. The fourth-order valence-electron chi connectivity index (χ4n) is 5.25. The zero-order chi connectivity index (χ0) is 33.9. The van der Waals surface area contributed by atoms with Gasteiger partial charge in [-0.3, -0.25) is 9.59 Å². The zero-order valence-corrected chi connectivity index (χ0v) is 30.0. The predicted molar refractivity (Wildman–Crippen MR) is 196 cm³/mol. The normalized spacial score (nSPS) is 14.1. The summed E-state index contributed by atoms with van der Waals surface area (Å²) in [4.78, 5) is 25.0. The zero-order valence-electron chi connectivity index (χ0n) is 30.0. The van der Waals surface area contributed by atoms with Gasteiger partial charge in [0.2, 0.25) is 11.8 Å². The molecule has 0 bridgehead atoms. The molecule has 0 spiro atoms. The van der Waals surface area contributed by atoms with Crippen LogP contribution in [0, 0.1) is 0 Å². The number of unbranched alkanes of at least 4 members (excludes halogenated alkanes) is 16. The third-order valence-electron chi connectivity index (χ3n) is 8.08. The molecule has 0 aromatic rings. The quantitative estimate of drug-likeness (QED) is 0.0333. The molecule has 0 aliphatic heterocycles. The molecule has 6 nitrogen and oxygen atoms in total. The van der Waals surface area contributed by atoms with E-state index in [-0.39, 0.29) is 18.0 Å². The van der Waals surface area contributed by atoms with Gasteiger partial charge in [0.15, 0.2) is 0 Å². The molecule has 0 aromatic heterocycles. The number of hydrogen-bond acceptors (Lipinski definition) is 4. The van der Waals surface area contributed by atoms with Gasteiger partial charge in [-0.15, -0.1) is 0 Å². The predicted octanol–water partition coefficient (Wildman–Crippen LogP) is 9.91. The summed E-state index contributed by atoms with van der Waals surface area (Å²) in [5.74, 6) is 0.0333. The van der Waals surface area contributed by atoms with Gasteiger partial charge in [-0.05, 0) is 70.6 Å². The van der Waals surface area contributed by atoms with Crippen molar-refractivity contribution in [2.24, 2.45) is 0 Å². The van der Waals surface area contributed by atoms with Crippen LogP contribution in [0.5, 0.6) is 0 Å². The SMILES string of the molecule is CCCCC/C=C\C(O)/C=C\CCCCCCCC(=O)NC(CCC)NC(=O)CCCCCCC/C=C\C(O)/C=C\CCCCC. The Morgan fingerprint density at radius 3 is 1.15 bits per heavy atom. The first-order chi connectivity index (χ1) is 22.4. The summed E-state index contributed by atoms with van der Waals surface area (Å²) >= 11 is 0. The van der Waals surface area contributed by atoms with Crippen molar-refractivity contribution in [3.63, 3.8) is 0 Å². The fraction of sp³-hybridized carbons (Fsp3) is 0.750. The monoisotopic (exact) mass is 645 g/mol. The van der Waals surface area contributed by atoms with Crippen LogP contribution in [-0.2, 0) is 9.59 Å². The lowest BCUT2D eigenvalue weighted by Crippen LogP contribution is -2.47. The first-order valence-electron chi connectivity index (χ1n) is 19.0. The lowest BCUT2D eigenvalue weighted by atomic mass is 10.1. The maximum atomic E-state index is 12.5. The lowest BCUT2D eigenvalue weighted by Gasteiger charge is -2.20. The number of amides is 2. The van der Waals surface area contributed by atoms with Gasteiger partial charge >= 0.3 is 0 Å². The van der Waals surface area contributed by atoms with Crippen LogP contribution in [-0.4, -0.2) is 40.4 Å². The van der Waals surface area contributed by atoms with E-state index in [1.807, 2.05) is 24.3 Å². The topological polar surface area (TPSA) is 98.7 Å². The number of aliphatic hydroxyl groups is 2. The fourth-order valence-corrected chi connectivity index (χ4v) is 5.25. The van der Waals surface area contributed by atoms with E-state index in [2.05, 4.69) is 55.7 Å². The minimum Gasteiger partial charge on any atom is -0.385 e. The van der Waals surface area contributed by atoms with Gasteiger partial charge in [-0.2, -0.15) is 0 Å². The van der Waals surface area contributed by atoms with Gasteiger partial charge in [0.05, 0.1) is 12.2 Å². The number of aliphatic hydroxyl groups excluding tert-OH is 2.